The van der Waals surface area contributed by atoms with Gasteiger partial charge in [-0.2, -0.15) is 0 Å². The minimum atomic E-state index is 0.0858. The summed E-state index contributed by atoms with van der Waals surface area (Å²) in [6.07, 6.45) is 2.56. The predicted molar refractivity (Wildman–Crippen MR) is 86.8 cm³/mol. The summed E-state index contributed by atoms with van der Waals surface area (Å²) in [6.45, 7) is 8.23. The van der Waals surface area contributed by atoms with Gasteiger partial charge in [0.05, 0.1) is 5.92 Å². The molecular weight excluding hydrogens is 262 g/mol. The van der Waals surface area contributed by atoms with Crippen LogP contribution < -0.4 is 15.5 Å². The first-order chi connectivity index (χ1) is 10.1. The Morgan fingerprint density at radius 3 is 2.67 bits per heavy atom. The molecule has 2 N–H and O–H groups in total. The van der Waals surface area contributed by atoms with Crippen molar-refractivity contribution in [3.05, 3.63) is 23.8 Å². The maximum Gasteiger partial charge on any atom is 0.229 e. The van der Waals surface area contributed by atoms with Crippen LogP contribution >= 0.6 is 0 Å². The SMILES string of the molecule is Cc1cc(N2CCCC2)ccc1NC(=O)C1CNCC1C. The number of anilines is 2. The van der Waals surface area contributed by atoms with Gasteiger partial charge in [0, 0.05) is 31.0 Å². The number of hydrogen-bond acceptors (Lipinski definition) is 3. The summed E-state index contributed by atoms with van der Waals surface area (Å²) in [5, 5.41) is 6.38. The standard InChI is InChI=1S/C17H25N3O/c1-12-9-14(20-7-3-4-8-20)5-6-16(12)19-17(21)15-11-18-10-13(15)2/h5-6,9,13,15,18H,3-4,7-8,10-11H2,1-2H3,(H,19,21). The van der Waals surface area contributed by atoms with Crippen LogP contribution in [-0.2, 0) is 4.79 Å². The molecule has 114 valence electrons. The number of carbonyl (C=O) groups is 1. The van der Waals surface area contributed by atoms with Crippen LogP contribution in [0.1, 0.15) is 25.3 Å². The van der Waals surface area contributed by atoms with Crippen LogP contribution in [0.4, 0.5) is 11.4 Å². The lowest BCUT2D eigenvalue weighted by molar-refractivity contribution is -0.120. The monoisotopic (exact) mass is 287 g/mol. The van der Waals surface area contributed by atoms with E-state index in [1.54, 1.807) is 0 Å². The highest BCUT2D eigenvalue weighted by Gasteiger charge is 2.29. The predicted octanol–water partition coefficient (Wildman–Crippen LogP) is 2.39. The third-order valence-corrected chi connectivity index (χ3v) is 4.79. The van der Waals surface area contributed by atoms with Crippen molar-refractivity contribution >= 4 is 17.3 Å². The summed E-state index contributed by atoms with van der Waals surface area (Å²) >= 11 is 0. The molecule has 0 radical (unpaired) electrons. The van der Waals surface area contributed by atoms with Gasteiger partial charge in [0.25, 0.3) is 0 Å². The van der Waals surface area contributed by atoms with Gasteiger partial charge >= 0.3 is 0 Å². The number of nitrogens with zero attached hydrogens (tertiary/aromatic N) is 1. The van der Waals surface area contributed by atoms with Crippen LogP contribution in [0.25, 0.3) is 0 Å². The summed E-state index contributed by atoms with van der Waals surface area (Å²) in [5.41, 5.74) is 3.37. The van der Waals surface area contributed by atoms with Crippen molar-refractivity contribution in [1.82, 2.24) is 5.32 Å². The smallest absolute Gasteiger partial charge is 0.229 e. The van der Waals surface area contributed by atoms with Crippen molar-refractivity contribution in [2.45, 2.75) is 26.7 Å². The molecular formula is C17H25N3O. The lowest BCUT2D eigenvalue weighted by Gasteiger charge is -2.20. The van der Waals surface area contributed by atoms with Gasteiger partial charge in [-0.1, -0.05) is 6.92 Å². The molecule has 4 heteroatoms. The Kier molecular flexibility index (Phi) is 4.15. The first-order valence-corrected chi connectivity index (χ1v) is 8.02. The normalized spacial score (nSPS) is 25.3. The molecule has 2 aliphatic heterocycles. The van der Waals surface area contributed by atoms with Gasteiger partial charge in [0.1, 0.15) is 0 Å². The molecule has 4 nitrogen and oxygen atoms in total. The average Bonchev–Trinajstić information content (AvgIpc) is 3.12. The maximum absolute atomic E-state index is 12.4. The molecule has 2 heterocycles. The lowest BCUT2D eigenvalue weighted by atomic mass is 9.97. The number of benzene rings is 1. The van der Waals surface area contributed by atoms with Crippen LogP contribution in [0.3, 0.4) is 0 Å². The van der Waals surface area contributed by atoms with E-state index in [1.165, 1.54) is 18.5 Å². The van der Waals surface area contributed by atoms with E-state index < -0.39 is 0 Å². The molecule has 3 rings (SSSR count). The Balaban J connectivity index is 1.69. The Labute approximate surface area is 126 Å². The Morgan fingerprint density at radius 1 is 1.29 bits per heavy atom. The molecule has 0 bridgehead atoms. The van der Waals surface area contributed by atoms with E-state index in [4.69, 9.17) is 0 Å². The quantitative estimate of drug-likeness (QED) is 0.897. The van der Waals surface area contributed by atoms with Crippen LogP contribution in [0.2, 0.25) is 0 Å². The highest BCUT2D eigenvalue weighted by molar-refractivity contribution is 5.94. The van der Waals surface area contributed by atoms with Crippen molar-refractivity contribution < 1.29 is 4.79 Å². The number of amides is 1. The molecule has 0 saturated carbocycles. The number of nitrogens with one attached hydrogen (secondary N) is 2. The molecule has 2 saturated heterocycles. The van der Waals surface area contributed by atoms with Gasteiger partial charge in [-0.15, -0.1) is 0 Å². The molecule has 0 aliphatic carbocycles. The van der Waals surface area contributed by atoms with E-state index >= 15 is 0 Å². The number of hydrogen-bond donors (Lipinski definition) is 2. The van der Waals surface area contributed by atoms with E-state index in [9.17, 15) is 4.79 Å². The third-order valence-electron chi connectivity index (χ3n) is 4.79. The van der Waals surface area contributed by atoms with Gasteiger partial charge in [-0.05, 0) is 56.0 Å². The summed E-state index contributed by atoms with van der Waals surface area (Å²) in [6, 6.07) is 6.37. The number of carbonyl (C=O) groups excluding carboxylic acids is 1. The highest BCUT2D eigenvalue weighted by atomic mass is 16.1. The second-order valence-electron chi connectivity index (χ2n) is 6.42. The molecule has 0 aromatic heterocycles. The second kappa shape index (κ2) is 6.06. The van der Waals surface area contributed by atoms with Gasteiger partial charge in [-0.3, -0.25) is 4.79 Å². The van der Waals surface area contributed by atoms with Gasteiger partial charge in [-0.25, -0.2) is 0 Å². The van der Waals surface area contributed by atoms with Crippen LogP contribution in [0, 0.1) is 18.8 Å². The summed E-state index contributed by atoms with van der Waals surface area (Å²) < 4.78 is 0. The van der Waals surface area contributed by atoms with E-state index in [0.717, 1.165) is 37.4 Å². The zero-order chi connectivity index (χ0) is 14.8. The van der Waals surface area contributed by atoms with E-state index in [1.807, 2.05) is 6.07 Å². The fourth-order valence-corrected chi connectivity index (χ4v) is 3.35. The highest BCUT2D eigenvalue weighted by Crippen LogP contribution is 2.26. The largest absolute Gasteiger partial charge is 0.372 e. The van der Waals surface area contributed by atoms with E-state index in [0.29, 0.717) is 5.92 Å². The molecule has 1 aromatic carbocycles. The van der Waals surface area contributed by atoms with Gasteiger partial charge < -0.3 is 15.5 Å². The Morgan fingerprint density at radius 2 is 2.05 bits per heavy atom. The van der Waals surface area contributed by atoms with Crippen molar-refractivity contribution in [3.63, 3.8) is 0 Å². The van der Waals surface area contributed by atoms with Crippen LogP contribution in [0.15, 0.2) is 18.2 Å². The summed E-state index contributed by atoms with van der Waals surface area (Å²) in [4.78, 5) is 14.8. The topological polar surface area (TPSA) is 44.4 Å². The molecule has 21 heavy (non-hydrogen) atoms. The molecule has 2 aliphatic rings. The van der Waals surface area contributed by atoms with Crippen molar-refractivity contribution in [1.29, 1.82) is 0 Å². The Hall–Kier alpha value is -1.55. The fourth-order valence-electron chi connectivity index (χ4n) is 3.35. The van der Waals surface area contributed by atoms with Gasteiger partial charge in [0.15, 0.2) is 0 Å². The van der Waals surface area contributed by atoms with Gasteiger partial charge in [0.2, 0.25) is 5.91 Å². The van der Waals surface area contributed by atoms with Crippen molar-refractivity contribution in [2.24, 2.45) is 11.8 Å². The molecule has 1 aromatic rings. The zero-order valence-corrected chi connectivity index (χ0v) is 13.0. The molecule has 2 unspecified atom stereocenters. The number of aryl methyl sites for hydroxylation is 1. The average molecular weight is 287 g/mol. The van der Waals surface area contributed by atoms with Crippen molar-refractivity contribution in [2.75, 3.05) is 36.4 Å². The minimum absolute atomic E-state index is 0.0858. The molecule has 2 atom stereocenters. The zero-order valence-electron chi connectivity index (χ0n) is 13.0. The summed E-state index contributed by atoms with van der Waals surface area (Å²) in [7, 11) is 0. The third kappa shape index (κ3) is 3.05. The fraction of sp³-hybridized carbons (Fsp3) is 0.588. The van der Waals surface area contributed by atoms with E-state index in [2.05, 4.69) is 41.5 Å². The Bertz CT molecular complexity index is 523. The van der Waals surface area contributed by atoms with Crippen molar-refractivity contribution in [3.8, 4) is 0 Å². The second-order valence-corrected chi connectivity index (χ2v) is 6.42. The van der Waals surface area contributed by atoms with Crippen LogP contribution in [-0.4, -0.2) is 32.1 Å². The number of rotatable bonds is 3. The van der Waals surface area contributed by atoms with E-state index in [-0.39, 0.29) is 11.8 Å². The molecule has 0 spiro atoms. The minimum Gasteiger partial charge on any atom is -0.372 e. The lowest BCUT2D eigenvalue weighted by Crippen LogP contribution is -2.28. The summed E-state index contributed by atoms with van der Waals surface area (Å²) in [5.74, 6) is 0.640. The molecule has 1 amide bonds. The maximum atomic E-state index is 12.4. The first kappa shape index (κ1) is 14.4. The van der Waals surface area contributed by atoms with Crippen LogP contribution in [0.5, 0.6) is 0 Å². The molecule has 2 fully saturated rings. The first-order valence-electron chi connectivity index (χ1n) is 8.02.